The molecule has 0 aliphatic carbocycles. The molecule has 1 fully saturated rings. The van der Waals surface area contributed by atoms with E-state index in [0.717, 1.165) is 11.3 Å². The molecule has 182 valence electrons. The molecule has 8 heteroatoms. The number of nitrogens with zero attached hydrogens (tertiary/aromatic N) is 1. The topological polar surface area (TPSA) is 48.0 Å². The molecule has 2 aromatic rings. The fourth-order valence-corrected chi connectivity index (χ4v) is 4.70. The first-order chi connectivity index (χ1) is 16.1. The van der Waals surface area contributed by atoms with Crippen molar-refractivity contribution in [2.75, 3.05) is 26.9 Å². The van der Waals surface area contributed by atoms with Crippen LogP contribution in [0.15, 0.2) is 41.3 Å². The second-order valence-corrected chi connectivity index (χ2v) is 10.9. The number of rotatable bonds is 9. The Morgan fingerprint density at radius 1 is 1.09 bits per heavy atom. The Morgan fingerprint density at radius 2 is 1.76 bits per heavy atom. The highest BCUT2D eigenvalue weighted by atomic mass is 35.5. The van der Waals surface area contributed by atoms with E-state index in [4.69, 9.17) is 38.0 Å². The Morgan fingerprint density at radius 3 is 2.35 bits per heavy atom. The zero-order chi connectivity index (χ0) is 24.9. The zero-order valence-corrected chi connectivity index (χ0v) is 22.5. The number of carbonyl (C=O) groups is 1. The van der Waals surface area contributed by atoms with Gasteiger partial charge in [0, 0.05) is 13.5 Å². The summed E-state index contributed by atoms with van der Waals surface area (Å²) in [5.74, 6) is 1.73. The molecule has 1 saturated heterocycles. The van der Waals surface area contributed by atoms with Crippen molar-refractivity contribution in [3.05, 3.63) is 57.5 Å². The van der Waals surface area contributed by atoms with E-state index >= 15 is 0 Å². The third-order valence-electron chi connectivity index (χ3n) is 5.14. The molecule has 1 heterocycles. The predicted octanol–water partition coefficient (Wildman–Crippen LogP) is 6.72. The van der Waals surface area contributed by atoms with Gasteiger partial charge in [-0.1, -0.05) is 68.5 Å². The van der Waals surface area contributed by atoms with Crippen LogP contribution >= 0.6 is 35.6 Å². The molecule has 2 aromatic carbocycles. The molecule has 1 amide bonds. The molecule has 34 heavy (non-hydrogen) atoms. The first kappa shape index (κ1) is 26.4. The lowest BCUT2D eigenvalue weighted by Crippen LogP contribution is -2.22. The zero-order valence-electron chi connectivity index (χ0n) is 20.1. The Bertz CT molecular complexity index is 1080. The molecule has 1 aliphatic heterocycles. The van der Waals surface area contributed by atoms with Crippen LogP contribution in [0, 0.1) is 0 Å². The Hall–Kier alpha value is -2.22. The lowest BCUT2D eigenvalue weighted by Gasteiger charge is -2.19. The average Bonchev–Trinajstić information content (AvgIpc) is 3.01. The summed E-state index contributed by atoms with van der Waals surface area (Å²) in [6, 6.07) is 11.8. The van der Waals surface area contributed by atoms with Gasteiger partial charge in [-0.15, -0.1) is 0 Å². The number of ether oxygens (including phenoxy) is 3. The monoisotopic (exact) mass is 519 g/mol. The number of thioether (sulfide) groups is 1. The van der Waals surface area contributed by atoms with E-state index in [1.807, 2.05) is 25.1 Å². The first-order valence-electron chi connectivity index (χ1n) is 11.1. The van der Waals surface area contributed by atoms with Crippen LogP contribution in [-0.4, -0.2) is 42.0 Å². The highest BCUT2D eigenvalue weighted by Gasteiger charge is 2.28. The summed E-state index contributed by atoms with van der Waals surface area (Å²) < 4.78 is 18.1. The second-order valence-electron chi connectivity index (χ2n) is 8.83. The van der Waals surface area contributed by atoms with Crippen molar-refractivity contribution in [3.63, 3.8) is 0 Å². The Balaban J connectivity index is 1.60. The van der Waals surface area contributed by atoms with E-state index in [-0.39, 0.29) is 11.3 Å². The number of benzene rings is 2. The highest BCUT2D eigenvalue weighted by molar-refractivity contribution is 8.26. The van der Waals surface area contributed by atoms with Crippen LogP contribution < -0.4 is 14.2 Å². The number of carbonyl (C=O) groups excluding carboxylic acids is 1. The number of thiocarbonyl (C=S) groups is 1. The first-order valence-corrected chi connectivity index (χ1v) is 12.7. The van der Waals surface area contributed by atoms with Crippen molar-refractivity contribution >= 4 is 51.9 Å². The minimum absolute atomic E-state index is 0.116. The number of likely N-dealkylation sites (N-methyl/N-ethyl adjacent to an activating group) is 1. The molecular formula is C26H30ClNO4S2. The van der Waals surface area contributed by atoms with Crippen molar-refractivity contribution in [1.29, 1.82) is 0 Å². The largest absolute Gasteiger partial charge is 0.493 e. The van der Waals surface area contributed by atoms with Gasteiger partial charge in [-0.05, 0) is 53.8 Å². The maximum Gasteiger partial charge on any atom is 0.265 e. The van der Waals surface area contributed by atoms with E-state index in [1.165, 1.54) is 22.2 Å². The van der Waals surface area contributed by atoms with Crippen LogP contribution in [0.4, 0.5) is 0 Å². The molecule has 0 N–H and O–H groups in total. The molecule has 5 nitrogen and oxygen atoms in total. The molecule has 0 radical (unpaired) electrons. The molecule has 0 atom stereocenters. The lowest BCUT2D eigenvalue weighted by molar-refractivity contribution is -0.121. The van der Waals surface area contributed by atoms with Crippen molar-refractivity contribution in [2.45, 2.75) is 39.5 Å². The van der Waals surface area contributed by atoms with Gasteiger partial charge in [0.15, 0.2) is 11.5 Å². The molecule has 0 aromatic heterocycles. The van der Waals surface area contributed by atoms with Crippen molar-refractivity contribution in [3.8, 4) is 17.2 Å². The summed E-state index contributed by atoms with van der Waals surface area (Å²) >= 11 is 13.0. The number of hydrogen-bond donors (Lipinski definition) is 0. The van der Waals surface area contributed by atoms with Crippen molar-refractivity contribution in [1.82, 2.24) is 4.90 Å². The van der Waals surface area contributed by atoms with E-state index in [0.29, 0.717) is 52.0 Å². The molecular weight excluding hydrogens is 490 g/mol. The van der Waals surface area contributed by atoms with Crippen LogP contribution in [0.5, 0.6) is 17.2 Å². The molecule has 0 bridgehead atoms. The third kappa shape index (κ3) is 6.68. The predicted molar refractivity (Wildman–Crippen MR) is 144 cm³/mol. The maximum absolute atomic E-state index is 12.3. The van der Waals surface area contributed by atoms with Gasteiger partial charge in [0.25, 0.3) is 5.91 Å². The fourth-order valence-electron chi connectivity index (χ4n) is 3.25. The standard InChI is InChI=1S/C26H30ClNO4S2/c1-6-30-21-15-17(16-22-24(29)28(5)25(33)34-22)14-20(27)23(21)32-13-7-12-31-19-10-8-18(9-11-19)26(2,3)4/h8-11,14-16H,6-7,12-13H2,1-5H3/b22-16+. The summed E-state index contributed by atoms with van der Waals surface area (Å²) in [5.41, 5.74) is 2.13. The van der Waals surface area contributed by atoms with E-state index in [1.54, 1.807) is 19.2 Å². The number of halogens is 1. The second kappa shape index (κ2) is 11.5. The van der Waals surface area contributed by atoms with Gasteiger partial charge < -0.3 is 14.2 Å². The van der Waals surface area contributed by atoms with Crippen LogP contribution in [0.3, 0.4) is 0 Å². The fraction of sp³-hybridized carbons (Fsp3) is 0.385. The molecule has 3 rings (SSSR count). The van der Waals surface area contributed by atoms with E-state index in [9.17, 15) is 4.79 Å². The summed E-state index contributed by atoms with van der Waals surface area (Å²) in [7, 11) is 1.67. The normalized spacial score (nSPS) is 15.2. The van der Waals surface area contributed by atoms with Crippen molar-refractivity contribution in [2.24, 2.45) is 0 Å². The summed E-state index contributed by atoms with van der Waals surface area (Å²) in [5, 5.41) is 0.419. The van der Waals surface area contributed by atoms with Gasteiger partial charge in [0.1, 0.15) is 10.1 Å². The summed E-state index contributed by atoms with van der Waals surface area (Å²) in [6.07, 6.45) is 2.45. The SMILES string of the molecule is CCOc1cc(/C=C2/SC(=S)N(C)C2=O)cc(Cl)c1OCCCOc1ccc(C(C)(C)C)cc1. The Kier molecular flexibility index (Phi) is 8.90. The van der Waals surface area contributed by atoms with Crippen LogP contribution in [0.1, 0.15) is 45.2 Å². The van der Waals surface area contributed by atoms with E-state index < -0.39 is 0 Å². The van der Waals surface area contributed by atoms with Crippen LogP contribution in [0.2, 0.25) is 5.02 Å². The quantitative estimate of drug-likeness (QED) is 0.208. The minimum Gasteiger partial charge on any atom is -0.493 e. The number of hydrogen-bond acceptors (Lipinski definition) is 6. The third-order valence-corrected chi connectivity index (χ3v) is 6.91. The molecule has 0 saturated carbocycles. The highest BCUT2D eigenvalue weighted by Crippen LogP contribution is 2.39. The smallest absolute Gasteiger partial charge is 0.265 e. The molecule has 0 unspecified atom stereocenters. The van der Waals surface area contributed by atoms with Gasteiger partial charge in [-0.2, -0.15) is 0 Å². The summed E-state index contributed by atoms with van der Waals surface area (Å²) in [4.78, 5) is 14.3. The van der Waals surface area contributed by atoms with Gasteiger partial charge in [-0.25, -0.2) is 0 Å². The molecule has 0 spiro atoms. The summed E-state index contributed by atoms with van der Waals surface area (Å²) in [6.45, 7) is 9.86. The molecule has 1 aliphatic rings. The lowest BCUT2D eigenvalue weighted by atomic mass is 9.87. The van der Waals surface area contributed by atoms with Crippen molar-refractivity contribution < 1.29 is 19.0 Å². The minimum atomic E-state index is -0.127. The van der Waals surface area contributed by atoms with Crippen LogP contribution in [-0.2, 0) is 10.2 Å². The average molecular weight is 520 g/mol. The van der Waals surface area contributed by atoms with Gasteiger partial charge in [-0.3, -0.25) is 9.69 Å². The van der Waals surface area contributed by atoms with E-state index in [2.05, 4.69) is 32.9 Å². The number of amides is 1. The van der Waals surface area contributed by atoms with Gasteiger partial charge in [0.2, 0.25) is 0 Å². The van der Waals surface area contributed by atoms with Gasteiger partial charge >= 0.3 is 0 Å². The maximum atomic E-state index is 12.3. The Labute approximate surface area is 216 Å². The van der Waals surface area contributed by atoms with Crippen LogP contribution in [0.25, 0.3) is 6.08 Å². The van der Waals surface area contributed by atoms with Gasteiger partial charge in [0.05, 0.1) is 29.7 Å².